The topological polar surface area (TPSA) is 26.0 Å². The first-order valence-electron chi connectivity index (χ1n) is 4.04. The minimum absolute atomic E-state index is 0.832. The minimum atomic E-state index is 0.832. The van der Waals surface area contributed by atoms with Gasteiger partial charge in [0, 0.05) is 0 Å². The van der Waals surface area contributed by atoms with E-state index in [0.29, 0.717) is 0 Å². The molecule has 0 aromatic heterocycles. The second-order valence-electron chi connectivity index (χ2n) is 3.26. The summed E-state index contributed by atoms with van der Waals surface area (Å²) in [5.74, 6) is 1.72. The van der Waals surface area contributed by atoms with Crippen LogP contribution < -0.4 is 5.73 Å². The summed E-state index contributed by atoms with van der Waals surface area (Å²) < 4.78 is 0. The standard InChI is InChI=1S/C8H17N/c1-7-4-2-3-5-8(7)6-9/h7-8H,2-6,9H2,1H3/t7-,8+/m1/s1. The summed E-state index contributed by atoms with van der Waals surface area (Å²) in [4.78, 5) is 0. The van der Waals surface area contributed by atoms with Crippen molar-refractivity contribution in [1.29, 1.82) is 0 Å². The van der Waals surface area contributed by atoms with Crippen molar-refractivity contribution < 1.29 is 0 Å². The van der Waals surface area contributed by atoms with E-state index >= 15 is 0 Å². The Balaban J connectivity index is 2.30. The summed E-state index contributed by atoms with van der Waals surface area (Å²) in [6.45, 7) is 3.23. The third-order valence-electron chi connectivity index (χ3n) is 2.59. The molecule has 2 N–H and O–H groups in total. The van der Waals surface area contributed by atoms with Gasteiger partial charge in [0.05, 0.1) is 0 Å². The first kappa shape index (κ1) is 7.07. The van der Waals surface area contributed by atoms with E-state index in [1.807, 2.05) is 0 Å². The molecule has 0 amide bonds. The first-order chi connectivity index (χ1) is 4.34. The minimum Gasteiger partial charge on any atom is -0.330 e. The van der Waals surface area contributed by atoms with Crippen LogP contribution in [-0.2, 0) is 0 Å². The monoisotopic (exact) mass is 127 g/mol. The predicted octanol–water partition coefficient (Wildman–Crippen LogP) is 1.77. The largest absolute Gasteiger partial charge is 0.330 e. The molecule has 1 fully saturated rings. The van der Waals surface area contributed by atoms with E-state index in [0.717, 1.165) is 18.4 Å². The number of rotatable bonds is 1. The lowest BCUT2D eigenvalue weighted by atomic mass is 9.81. The quantitative estimate of drug-likeness (QED) is 0.570. The number of hydrogen-bond donors (Lipinski definition) is 1. The third-order valence-corrected chi connectivity index (χ3v) is 2.59. The molecule has 0 aromatic rings. The Bertz CT molecular complexity index is 80.6. The Kier molecular flexibility index (Phi) is 2.52. The van der Waals surface area contributed by atoms with E-state index in [1.165, 1.54) is 25.7 Å². The molecule has 0 spiro atoms. The van der Waals surface area contributed by atoms with Crippen LogP contribution in [0.5, 0.6) is 0 Å². The number of hydrogen-bond acceptors (Lipinski definition) is 1. The highest BCUT2D eigenvalue weighted by molar-refractivity contribution is 4.72. The molecule has 2 atom stereocenters. The van der Waals surface area contributed by atoms with Crippen molar-refractivity contribution in [2.24, 2.45) is 17.6 Å². The normalized spacial score (nSPS) is 36.7. The fourth-order valence-electron chi connectivity index (χ4n) is 1.74. The molecule has 1 aliphatic carbocycles. The molecule has 1 saturated carbocycles. The fraction of sp³-hybridized carbons (Fsp3) is 1.00. The van der Waals surface area contributed by atoms with Crippen molar-refractivity contribution in [3.05, 3.63) is 0 Å². The van der Waals surface area contributed by atoms with Crippen LogP contribution in [0.15, 0.2) is 0 Å². The van der Waals surface area contributed by atoms with Gasteiger partial charge in [0.2, 0.25) is 0 Å². The summed E-state index contributed by atoms with van der Waals surface area (Å²) >= 11 is 0. The van der Waals surface area contributed by atoms with Gasteiger partial charge in [-0.3, -0.25) is 0 Å². The van der Waals surface area contributed by atoms with Crippen LogP contribution in [0.4, 0.5) is 0 Å². The van der Waals surface area contributed by atoms with E-state index in [9.17, 15) is 0 Å². The van der Waals surface area contributed by atoms with Gasteiger partial charge < -0.3 is 5.73 Å². The smallest absolute Gasteiger partial charge is 0.00463 e. The van der Waals surface area contributed by atoms with Crippen LogP contribution in [0.3, 0.4) is 0 Å². The van der Waals surface area contributed by atoms with Gasteiger partial charge in [0.25, 0.3) is 0 Å². The second kappa shape index (κ2) is 3.21. The lowest BCUT2D eigenvalue weighted by Gasteiger charge is -2.27. The Morgan fingerprint density at radius 1 is 1.33 bits per heavy atom. The lowest BCUT2D eigenvalue weighted by molar-refractivity contribution is 0.263. The zero-order chi connectivity index (χ0) is 6.69. The highest BCUT2D eigenvalue weighted by Crippen LogP contribution is 2.28. The van der Waals surface area contributed by atoms with Crippen LogP contribution in [0.25, 0.3) is 0 Å². The Labute approximate surface area is 57.6 Å². The van der Waals surface area contributed by atoms with Crippen molar-refractivity contribution in [3.63, 3.8) is 0 Å². The molecule has 0 aromatic carbocycles. The molecule has 1 nitrogen and oxygen atoms in total. The van der Waals surface area contributed by atoms with Crippen LogP contribution in [0, 0.1) is 11.8 Å². The molecule has 0 radical (unpaired) electrons. The summed E-state index contributed by atoms with van der Waals surface area (Å²) in [5.41, 5.74) is 5.59. The van der Waals surface area contributed by atoms with Gasteiger partial charge in [-0.25, -0.2) is 0 Å². The van der Waals surface area contributed by atoms with Crippen molar-refractivity contribution in [3.8, 4) is 0 Å². The van der Waals surface area contributed by atoms with E-state index in [2.05, 4.69) is 6.92 Å². The number of nitrogens with two attached hydrogens (primary N) is 1. The SMILES string of the molecule is C[C@@H]1CCCC[C@H]1CN. The molecule has 0 saturated heterocycles. The van der Waals surface area contributed by atoms with Crippen molar-refractivity contribution >= 4 is 0 Å². The molecule has 0 aliphatic heterocycles. The highest BCUT2D eigenvalue weighted by Gasteiger charge is 2.18. The van der Waals surface area contributed by atoms with Crippen molar-refractivity contribution in [2.75, 3.05) is 6.54 Å². The van der Waals surface area contributed by atoms with Gasteiger partial charge in [-0.2, -0.15) is 0 Å². The van der Waals surface area contributed by atoms with Gasteiger partial charge in [0.15, 0.2) is 0 Å². The Hall–Kier alpha value is -0.0400. The Morgan fingerprint density at radius 2 is 2.00 bits per heavy atom. The zero-order valence-corrected chi connectivity index (χ0v) is 6.27. The molecule has 54 valence electrons. The summed E-state index contributed by atoms with van der Waals surface area (Å²) in [6.07, 6.45) is 5.61. The van der Waals surface area contributed by atoms with Gasteiger partial charge >= 0.3 is 0 Å². The highest BCUT2D eigenvalue weighted by atomic mass is 14.6. The lowest BCUT2D eigenvalue weighted by Crippen LogP contribution is -2.24. The molecular formula is C8H17N. The molecule has 1 rings (SSSR count). The average molecular weight is 127 g/mol. The molecule has 9 heavy (non-hydrogen) atoms. The van der Waals surface area contributed by atoms with E-state index in [-0.39, 0.29) is 0 Å². The molecule has 0 bridgehead atoms. The second-order valence-corrected chi connectivity index (χ2v) is 3.26. The third kappa shape index (κ3) is 1.68. The maximum absolute atomic E-state index is 5.59. The Morgan fingerprint density at radius 3 is 2.44 bits per heavy atom. The predicted molar refractivity (Wildman–Crippen MR) is 40.2 cm³/mol. The van der Waals surface area contributed by atoms with Crippen LogP contribution >= 0.6 is 0 Å². The van der Waals surface area contributed by atoms with Crippen LogP contribution in [0.2, 0.25) is 0 Å². The maximum Gasteiger partial charge on any atom is -0.00463 e. The van der Waals surface area contributed by atoms with Crippen LogP contribution in [0.1, 0.15) is 32.6 Å². The van der Waals surface area contributed by atoms with Crippen LogP contribution in [-0.4, -0.2) is 6.54 Å². The van der Waals surface area contributed by atoms with Gasteiger partial charge in [-0.1, -0.05) is 26.2 Å². The summed E-state index contributed by atoms with van der Waals surface area (Å²) in [5, 5.41) is 0. The van der Waals surface area contributed by atoms with Gasteiger partial charge in [-0.15, -0.1) is 0 Å². The summed E-state index contributed by atoms with van der Waals surface area (Å²) in [7, 11) is 0. The van der Waals surface area contributed by atoms with Crippen molar-refractivity contribution in [1.82, 2.24) is 0 Å². The zero-order valence-electron chi connectivity index (χ0n) is 6.27. The van der Waals surface area contributed by atoms with E-state index in [4.69, 9.17) is 5.73 Å². The molecule has 0 heterocycles. The van der Waals surface area contributed by atoms with E-state index in [1.54, 1.807) is 0 Å². The summed E-state index contributed by atoms with van der Waals surface area (Å²) in [6, 6.07) is 0. The van der Waals surface area contributed by atoms with Gasteiger partial charge in [-0.05, 0) is 24.8 Å². The molecular weight excluding hydrogens is 110 g/mol. The van der Waals surface area contributed by atoms with Gasteiger partial charge in [0.1, 0.15) is 0 Å². The van der Waals surface area contributed by atoms with Crippen molar-refractivity contribution in [2.45, 2.75) is 32.6 Å². The van der Waals surface area contributed by atoms with E-state index < -0.39 is 0 Å². The fourth-order valence-corrected chi connectivity index (χ4v) is 1.74. The first-order valence-corrected chi connectivity index (χ1v) is 4.04. The molecule has 1 aliphatic rings. The average Bonchev–Trinajstić information content (AvgIpc) is 1.89. The molecule has 0 unspecified atom stereocenters. The molecule has 1 heteroatoms. The maximum atomic E-state index is 5.59.